The molecular formula is C14H16N2O3S2. The summed E-state index contributed by atoms with van der Waals surface area (Å²) in [6.45, 7) is 3.70. The third-order valence-corrected chi connectivity index (χ3v) is 5.69. The monoisotopic (exact) mass is 324 g/mol. The number of thiazole rings is 1. The fourth-order valence-electron chi connectivity index (χ4n) is 1.98. The van der Waals surface area contributed by atoms with Crippen LogP contribution >= 0.6 is 11.3 Å². The molecule has 0 saturated carbocycles. The van der Waals surface area contributed by atoms with E-state index in [2.05, 4.69) is 4.98 Å². The fourth-order valence-corrected chi connectivity index (χ4v) is 4.08. The molecule has 1 heterocycles. The van der Waals surface area contributed by atoms with Crippen molar-refractivity contribution >= 4 is 32.8 Å². The summed E-state index contributed by atoms with van der Waals surface area (Å²) in [5.74, 6) is -1.03. The van der Waals surface area contributed by atoms with Crippen molar-refractivity contribution in [2.24, 2.45) is 0 Å². The quantitative estimate of drug-likeness (QED) is 0.847. The molecule has 1 amide bonds. The molecule has 0 unspecified atom stereocenters. The average molecular weight is 324 g/mol. The first-order valence-corrected chi connectivity index (χ1v) is 8.94. The number of aromatic nitrogens is 1. The topological polar surface area (TPSA) is 67.3 Å². The molecule has 2 aromatic rings. The number of amides is 1. The van der Waals surface area contributed by atoms with Crippen LogP contribution in [0.1, 0.15) is 13.8 Å². The van der Waals surface area contributed by atoms with Crippen LogP contribution < -0.4 is 4.90 Å². The van der Waals surface area contributed by atoms with Crippen LogP contribution in [0.5, 0.6) is 0 Å². The van der Waals surface area contributed by atoms with E-state index in [1.165, 1.54) is 11.1 Å². The second-order valence-electron chi connectivity index (χ2n) is 4.75. The molecule has 1 aromatic carbocycles. The Labute approximate surface area is 128 Å². The minimum atomic E-state index is -3.69. The first-order chi connectivity index (χ1) is 9.92. The molecule has 0 aliphatic heterocycles. The smallest absolute Gasteiger partial charge is 0.242 e. The van der Waals surface area contributed by atoms with Gasteiger partial charge in [0, 0.05) is 23.3 Å². The molecule has 5 nitrogen and oxygen atoms in total. The van der Waals surface area contributed by atoms with Crippen LogP contribution in [0.2, 0.25) is 0 Å². The summed E-state index contributed by atoms with van der Waals surface area (Å²) in [5.41, 5.74) is 0.687. The normalized spacial score (nSPS) is 11.6. The Morgan fingerprint density at radius 2 is 1.95 bits per heavy atom. The maximum absolute atomic E-state index is 12.4. The van der Waals surface area contributed by atoms with E-state index in [1.54, 1.807) is 17.5 Å². The van der Waals surface area contributed by atoms with Gasteiger partial charge >= 0.3 is 0 Å². The number of rotatable bonds is 5. The third-order valence-electron chi connectivity index (χ3n) is 2.81. The number of hydrogen-bond donors (Lipinski definition) is 0. The minimum Gasteiger partial charge on any atom is -0.309 e. The summed E-state index contributed by atoms with van der Waals surface area (Å²) in [6.07, 6.45) is 1.42. The van der Waals surface area contributed by atoms with E-state index in [0.29, 0.717) is 5.69 Å². The van der Waals surface area contributed by atoms with Crippen LogP contribution in [0, 0.1) is 0 Å². The molecule has 2 rings (SSSR count). The molecule has 0 N–H and O–H groups in total. The zero-order valence-corrected chi connectivity index (χ0v) is 13.4. The van der Waals surface area contributed by atoms with Gasteiger partial charge in [0.15, 0.2) is 0 Å². The van der Waals surface area contributed by atoms with E-state index < -0.39 is 21.5 Å². The summed E-state index contributed by atoms with van der Waals surface area (Å²) in [6, 6.07) is 8.91. The standard InChI is InChI=1S/C14H16N2O3S2/c1-11(2)16(12-6-4-3-5-7-12)13(17)10-21(18,19)14-15-8-9-20-14/h3-9,11H,10H2,1-2H3. The van der Waals surface area contributed by atoms with E-state index >= 15 is 0 Å². The Bertz CT molecular complexity index is 695. The predicted molar refractivity (Wildman–Crippen MR) is 83.2 cm³/mol. The lowest BCUT2D eigenvalue weighted by Crippen LogP contribution is -2.40. The van der Waals surface area contributed by atoms with Crippen LogP contribution in [-0.2, 0) is 14.6 Å². The molecule has 7 heteroatoms. The predicted octanol–water partition coefficient (Wildman–Crippen LogP) is 2.36. The van der Waals surface area contributed by atoms with Gasteiger partial charge in [0.1, 0.15) is 5.75 Å². The molecule has 0 radical (unpaired) electrons. The van der Waals surface area contributed by atoms with Gasteiger partial charge in [-0.1, -0.05) is 18.2 Å². The van der Waals surface area contributed by atoms with E-state index in [9.17, 15) is 13.2 Å². The summed E-state index contributed by atoms with van der Waals surface area (Å²) in [7, 11) is -3.69. The van der Waals surface area contributed by atoms with Gasteiger partial charge in [-0.05, 0) is 26.0 Å². The maximum Gasteiger partial charge on any atom is 0.242 e. The van der Waals surface area contributed by atoms with Crippen molar-refractivity contribution in [1.82, 2.24) is 4.98 Å². The van der Waals surface area contributed by atoms with Gasteiger partial charge in [0.05, 0.1) is 0 Å². The number of carbonyl (C=O) groups is 1. The Kier molecular flexibility index (Phi) is 4.74. The number of para-hydroxylation sites is 1. The second kappa shape index (κ2) is 6.36. The molecular weight excluding hydrogens is 308 g/mol. The highest BCUT2D eigenvalue weighted by atomic mass is 32.2. The number of sulfone groups is 1. The Morgan fingerprint density at radius 3 is 2.48 bits per heavy atom. The second-order valence-corrected chi connectivity index (χ2v) is 7.81. The number of nitrogens with zero attached hydrogens (tertiary/aromatic N) is 2. The van der Waals surface area contributed by atoms with E-state index in [4.69, 9.17) is 0 Å². The first-order valence-electron chi connectivity index (χ1n) is 6.41. The molecule has 0 bridgehead atoms. The third kappa shape index (κ3) is 3.68. The highest BCUT2D eigenvalue weighted by Gasteiger charge is 2.27. The minimum absolute atomic E-state index is 0.0207. The Balaban J connectivity index is 2.25. The molecule has 1 aromatic heterocycles. The lowest BCUT2D eigenvalue weighted by Gasteiger charge is -2.26. The fraction of sp³-hybridized carbons (Fsp3) is 0.286. The molecule has 0 spiro atoms. The molecule has 0 saturated heterocycles. The molecule has 0 atom stereocenters. The number of anilines is 1. The van der Waals surface area contributed by atoms with Gasteiger partial charge in [0.25, 0.3) is 0 Å². The van der Waals surface area contributed by atoms with Crippen LogP contribution in [0.4, 0.5) is 5.69 Å². The summed E-state index contributed by atoms with van der Waals surface area (Å²) < 4.78 is 24.3. The Morgan fingerprint density at radius 1 is 1.29 bits per heavy atom. The summed E-state index contributed by atoms with van der Waals surface area (Å²) in [5, 5.41) is 1.58. The average Bonchev–Trinajstić information content (AvgIpc) is 2.93. The Hall–Kier alpha value is -1.73. The van der Waals surface area contributed by atoms with Crippen molar-refractivity contribution in [2.75, 3.05) is 10.7 Å². The van der Waals surface area contributed by atoms with Crippen molar-refractivity contribution in [3.8, 4) is 0 Å². The van der Waals surface area contributed by atoms with Crippen molar-refractivity contribution in [1.29, 1.82) is 0 Å². The molecule has 0 fully saturated rings. The van der Waals surface area contributed by atoms with E-state index in [-0.39, 0.29) is 10.4 Å². The molecule has 112 valence electrons. The zero-order chi connectivity index (χ0) is 15.5. The summed E-state index contributed by atoms with van der Waals surface area (Å²) in [4.78, 5) is 17.7. The van der Waals surface area contributed by atoms with Gasteiger partial charge in [-0.15, -0.1) is 11.3 Å². The van der Waals surface area contributed by atoms with E-state index in [0.717, 1.165) is 11.3 Å². The van der Waals surface area contributed by atoms with Crippen LogP contribution in [0.3, 0.4) is 0 Å². The van der Waals surface area contributed by atoms with Gasteiger partial charge in [-0.2, -0.15) is 0 Å². The molecule has 0 aliphatic carbocycles. The lowest BCUT2D eigenvalue weighted by molar-refractivity contribution is -0.116. The largest absolute Gasteiger partial charge is 0.309 e. The van der Waals surface area contributed by atoms with E-state index in [1.807, 2.05) is 32.0 Å². The number of hydrogen-bond acceptors (Lipinski definition) is 5. The van der Waals surface area contributed by atoms with Crippen molar-refractivity contribution in [3.63, 3.8) is 0 Å². The van der Waals surface area contributed by atoms with Gasteiger partial charge in [0.2, 0.25) is 20.1 Å². The first kappa shape index (κ1) is 15.7. The van der Waals surface area contributed by atoms with Gasteiger partial charge in [-0.25, -0.2) is 13.4 Å². The van der Waals surface area contributed by atoms with Gasteiger partial charge in [-0.3, -0.25) is 4.79 Å². The lowest BCUT2D eigenvalue weighted by atomic mass is 10.2. The number of benzene rings is 1. The van der Waals surface area contributed by atoms with Crippen molar-refractivity contribution in [3.05, 3.63) is 41.9 Å². The number of carbonyl (C=O) groups excluding carboxylic acids is 1. The van der Waals surface area contributed by atoms with Crippen molar-refractivity contribution < 1.29 is 13.2 Å². The molecule has 0 aliphatic rings. The summed E-state index contributed by atoms with van der Waals surface area (Å²) >= 11 is 1.02. The van der Waals surface area contributed by atoms with Crippen molar-refractivity contribution in [2.45, 2.75) is 24.2 Å². The molecule has 21 heavy (non-hydrogen) atoms. The van der Waals surface area contributed by atoms with Crippen LogP contribution in [0.25, 0.3) is 0 Å². The zero-order valence-electron chi connectivity index (χ0n) is 11.8. The van der Waals surface area contributed by atoms with Crippen LogP contribution in [0.15, 0.2) is 46.2 Å². The highest BCUT2D eigenvalue weighted by Crippen LogP contribution is 2.19. The maximum atomic E-state index is 12.4. The van der Waals surface area contributed by atoms with Gasteiger partial charge < -0.3 is 4.90 Å². The SMILES string of the molecule is CC(C)N(C(=O)CS(=O)(=O)c1nccs1)c1ccccc1. The highest BCUT2D eigenvalue weighted by molar-refractivity contribution is 7.94. The van der Waals surface area contributed by atoms with Crippen LogP contribution in [-0.4, -0.2) is 31.1 Å².